The van der Waals surface area contributed by atoms with Crippen LogP contribution < -0.4 is 24.2 Å². The van der Waals surface area contributed by atoms with Gasteiger partial charge in [-0.05, 0) is 23.8 Å². The zero-order valence-corrected chi connectivity index (χ0v) is 16.8. The maximum Gasteiger partial charge on any atom is 0.274 e. The largest absolute Gasteiger partial charge is 0.493 e. The Hall–Kier alpha value is -2.95. The molecule has 0 saturated heterocycles. The molecule has 0 aromatic heterocycles. The Kier molecular flexibility index (Phi) is 4.99. The van der Waals surface area contributed by atoms with E-state index < -0.39 is 10.2 Å². The van der Waals surface area contributed by atoms with E-state index in [9.17, 15) is 8.42 Å². The lowest BCUT2D eigenvalue weighted by Crippen LogP contribution is -2.31. The third kappa shape index (κ3) is 3.82. The standard InChI is InChI=1S/C19H21N5O4S/c1-27-17-7-14-15(8-18(17)28-2)21-10-16-19(14)24(11-22-16)13-5-3-12(4-6-13)9-23-29(20,25)26/h3-8,10-11,16,19,23H,9H2,1-2H3,(H2,20,25,26). The average Bonchev–Trinajstić information content (AvgIpc) is 3.15. The van der Waals surface area contributed by atoms with Crippen molar-refractivity contribution in [3.8, 4) is 11.5 Å². The smallest absolute Gasteiger partial charge is 0.274 e. The topological polar surface area (TPSA) is 119 Å². The highest BCUT2D eigenvalue weighted by atomic mass is 32.2. The fourth-order valence-corrected chi connectivity index (χ4v) is 3.87. The third-order valence-corrected chi connectivity index (χ3v) is 5.46. The van der Waals surface area contributed by atoms with E-state index in [0.29, 0.717) is 11.5 Å². The molecule has 2 aromatic carbocycles. The summed E-state index contributed by atoms with van der Waals surface area (Å²) in [7, 11) is -0.532. The van der Waals surface area contributed by atoms with Crippen LogP contribution in [0, 0.1) is 0 Å². The number of hydrogen-bond donors (Lipinski definition) is 2. The molecule has 0 bridgehead atoms. The van der Waals surface area contributed by atoms with E-state index in [4.69, 9.17) is 14.6 Å². The zero-order valence-electron chi connectivity index (χ0n) is 15.9. The molecule has 4 rings (SSSR count). The van der Waals surface area contributed by atoms with Crippen molar-refractivity contribution in [1.82, 2.24) is 4.72 Å². The summed E-state index contributed by atoms with van der Waals surface area (Å²) >= 11 is 0. The molecule has 152 valence electrons. The second-order valence-electron chi connectivity index (χ2n) is 6.68. The average molecular weight is 415 g/mol. The van der Waals surface area contributed by atoms with E-state index in [-0.39, 0.29) is 18.6 Å². The van der Waals surface area contributed by atoms with Crippen LogP contribution in [0.2, 0.25) is 0 Å². The molecule has 10 heteroatoms. The molecule has 29 heavy (non-hydrogen) atoms. The van der Waals surface area contributed by atoms with E-state index in [1.165, 1.54) is 0 Å². The van der Waals surface area contributed by atoms with Crippen molar-refractivity contribution in [2.24, 2.45) is 15.1 Å². The van der Waals surface area contributed by atoms with Gasteiger partial charge in [0.2, 0.25) is 0 Å². The van der Waals surface area contributed by atoms with E-state index in [1.54, 1.807) is 20.6 Å². The number of nitrogens with zero attached hydrogens (tertiary/aromatic N) is 3. The molecule has 0 radical (unpaired) electrons. The third-order valence-electron chi connectivity index (χ3n) is 4.92. The Morgan fingerprint density at radius 3 is 2.48 bits per heavy atom. The van der Waals surface area contributed by atoms with Crippen LogP contribution in [0.3, 0.4) is 0 Å². The van der Waals surface area contributed by atoms with Gasteiger partial charge < -0.3 is 14.4 Å². The van der Waals surface area contributed by atoms with Crippen molar-refractivity contribution in [2.45, 2.75) is 18.6 Å². The molecule has 2 atom stereocenters. The number of ether oxygens (including phenoxy) is 2. The Morgan fingerprint density at radius 1 is 1.14 bits per heavy atom. The number of methoxy groups -OCH3 is 2. The van der Waals surface area contributed by atoms with Gasteiger partial charge in [-0.2, -0.15) is 13.1 Å². The second kappa shape index (κ2) is 7.47. The zero-order chi connectivity index (χ0) is 20.6. The minimum atomic E-state index is -3.73. The Labute approximate surface area is 169 Å². The number of nitrogens with two attached hydrogens (primary N) is 1. The molecule has 2 heterocycles. The SMILES string of the molecule is COc1cc2c(cc1OC)C1C(C=N2)N=CN1c1ccc(CNS(N)(=O)=O)cc1. The molecular formula is C19H21N5O4S. The Balaban J connectivity index is 1.63. The monoisotopic (exact) mass is 415 g/mol. The highest BCUT2D eigenvalue weighted by Gasteiger charge is 2.36. The van der Waals surface area contributed by atoms with Crippen LogP contribution in [0.4, 0.5) is 11.4 Å². The van der Waals surface area contributed by atoms with Gasteiger partial charge in [0.15, 0.2) is 11.5 Å². The summed E-state index contributed by atoms with van der Waals surface area (Å²) < 4.78 is 35.2. The minimum absolute atomic E-state index is 0.0595. The fourth-order valence-electron chi connectivity index (χ4n) is 3.51. The first-order valence-corrected chi connectivity index (χ1v) is 10.4. The Bertz CT molecular complexity index is 1080. The van der Waals surface area contributed by atoms with Crippen LogP contribution >= 0.6 is 0 Å². The van der Waals surface area contributed by atoms with Crippen molar-refractivity contribution in [3.63, 3.8) is 0 Å². The highest BCUT2D eigenvalue weighted by Crippen LogP contribution is 2.45. The van der Waals surface area contributed by atoms with E-state index in [0.717, 1.165) is 22.5 Å². The number of benzene rings is 2. The lowest BCUT2D eigenvalue weighted by molar-refractivity contribution is 0.354. The van der Waals surface area contributed by atoms with Crippen molar-refractivity contribution in [2.75, 3.05) is 19.1 Å². The maximum atomic E-state index is 11.1. The predicted molar refractivity (Wildman–Crippen MR) is 112 cm³/mol. The normalized spacial score (nSPS) is 19.8. The van der Waals surface area contributed by atoms with Gasteiger partial charge in [-0.3, -0.25) is 9.98 Å². The van der Waals surface area contributed by atoms with E-state index in [2.05, 4.69) is 19.6 Å². The summed E-state index contributed by atoms with van der Waals surface area (Å²) in [5.41, 5.74) is 3.53. The van der Waals surface area contributed by atoms with Gasteiger partial charge in [-0.1, -0.05) is 12.1 Å². The van der Waals surface area contributed by atoms with E-state index >= 15 is 0 Å². The molecule has 9 nitrogen and oxygen atoms in total. The number of nitrogens with one attached hydrogen (secondary N) is 1. The van der Waals surface area contributed by atoms with Gasteiger partial charge in [0, 0.05) is 30.1 Å². The minimum Gasteiger partial charge on any atom is -0.493 e. The lowest BCUT2D eigenvalue weighted by Gasteiger charge is -2.31. The predicted octanol–water partition coefficient (Wildman–Crippen LogP) is 1.67. The quantitative estimate of drug-likeness (QED) is 0.744. The number of fused-ring (bicyclic) bond motifs is 3. The van der Waals surface area contributed by atoms with Crippen molar-refractivity contribution in [1.29, 1.82) is 0 Å². The van der Waals surface area contributed by atoms with Gasteiger partial charge in [0.05, 0.1) is 32.3 Å². The van der Waals surface area contributed by atoms with Gasteiger partial charge in [0.1, 0.15) is 6.04 Å². The molecular weight excluding hydrogens is 394 g/mol. The first-order valence-electron chi connectivity index (χ1n) is 8.87. The first kappa shape index (κ1) is 19.4. The van der Waals surface area contributed by atoms with Crippen LogP contribution in [0.25, 0.3) is 0 Å². The number of anilines is 1. The van der Waals surface area contributed by atoms with Crippen LogP contribution in [-0.4, -0.2) is 41.2 Å². The molecule has 2 unspecified atom stereocenters. The van der Waals surface area contributed by atoms with Crippen molar-refractivity contribution >= 4 is 34.1 Å². The first-order chi connectivity index (χ1) is 13.9. The van der Waals surface area contributed by atoms with E-state index in [1.807, 2.05) is 42.6 Å². The van der Waals surface area contributed by atoms with Crippen LogP contribution in [0.15, 0.2) is 46.4 Å². The van der Waals surface area contributed by atoms with Gasteiger partial charge in [0.25, 0.3) is 10.2 Å². The summed E-state index contributed by atoms with van der Waals surface area (Å²) in [5.74, 6) is 1.26. The van der Waals surface area contributed by atoms with Crippen LogP contribution in [-0.2, 0) is 16.8 Å². The van der Waals surface area contributed by atoms with Crippen LogP contribution in [0.1, 0.15) is 17.2 Å². The summed E-state index contributed by atoms with van der Waals surface area (Å²) in [6, 6.07) is 11.2. The molecule has 2 aliphatic rings. The molecule has 2 aromatic rings. The Morgan fingerprint density at radius 2 is 1.83 bits per heavy atom. The summed E-state index contributed by atoms with van der Waals surface area (Å²) in [6.07, 6.45) is 3.63. The van der Waals surface area contributed by atoms with Crippen molar-refractivity contribution in [3.05, 3.63) is 47.5 Å². The lowest BCUT2D eigenvalue weighted by atomic mass is 9.94. The summed E-state index contributed by atoms with van der Waals surface area (Å²) in [4.78, 5) is 11.2. The van der Waals surface area contributed by atoms with Gasteiger partial charge in [-0.15, -0.1) is 0 Å². The summed E-state index contributed by atoms with van der Waals surface area (Å²) in [5, 5.41) is 4.98. The highest BCUT2D eigenvalue weighted by molar-refractivity contribution is 7.87. The van der Waals surface area contributed by atoms with Crippen molar-refractivity contribution < 1.29 is 17.9 Å². The molecule has 0 saturated carbocycles. The number of hydrogen-bond acceptors (Lipinski definition) is 7. The molecule has 2 aliphatic heterocycles. The molecule has 0 aliphatic carbocycles. The number of aliphatic imine (C=N–C) groups is 2. The molecule has 0 fully saturated rings. The van der Waals surface area contributed by atoms with Gasteiger partial charge in [-0.25, -0.2) is 5.14 Å². The summed E-state index contributed by atoms with van der Waals surface area (Å²) in [6.45, 7) is 0.131. The second-order valence-corrected chi connectivity index (χ2v) is 8.06. The fraction of sp³-hybridized carbons (Fsp3) is 0.263. The molecule has 3 N–H and O–H groups in total. The maximum absolute atomic E-state index is 11.1. The molecule has 0 amide bonds. The number of rotatable bonds is 6. The molecule has 0 spiro atoms. The van der Waals surface area contributed by atoms with Gasteiger partial charge >= 0.3 is 0 Å². The van der Waals surface area contributed by atoms with Crippen LogP contribution in [0.5, 0.6) is 11.5 Å².